The average molecular weight is 222 g/mol. The third-order valence-corrected chi connectivity index (χ3v) is 2.60. The topological polar surface area (TPSA) is 47.7 Å². The van der Waals surface area contributed by atoms with E-state index in [-0.39, 0.29) is 0 Å². The van der Waals surface area contributed by atoms with E-state index in [1.54, 1.807) is 0 Å². The van der Waals surface area contributed by atoms with E-state index >= 15 is 0 Å². The van der Waals surface area contributed by atoms with Crippen molar-refractivity contribution in [3.63, 3.8) is 0 Å². The van der Waals surface area contributed by atoms with Crippen LogP contribution >= 0.6 is 0 Å². The van der Waals surface area contributed by atoms with Crippen LogP contribution in [0.1, 0.15) is 5.56 Å². The first-order valence-electron chi connectivity index (χ1n) is 5.57. The summed E-state index contributed by atoms with van der Waals surface area (Å²) in [7, 11) is 2.05. The van der Waals surface area contributed by atoms with Gasteiger partial charge in [-0.3, -0.25) is 0 Å². The van der Waals surface area contributed by atoms with E-state index in [0.717, 1.165) is 30.2 Å². The highest BCUT2D eigenvalue weighted by atomic mass is 16.6. The second-order valence-electron chi connectivity index (χ2n) is 3.97. The van der Waals surface area contributed by atoms with Gasteiger partial charge in [-0.15, -0.1) is 0 Å². The summed E-state index contributed by atoms with van der Waals surface area (Å²) in [5.74, 6) is 1.74. The van der Waals surface area contributed by atoms with Gasteiger partial charge in [0, 0.05) is 25.2 Å². The van der Waals surface area contributed by atoms with Crippen LogP contribution in [0.3, 0.4) is 0 Å². The molecule has 1 aliphatic heterocycles. The summed E-state index contributed by atoms with van der Waals surface area (Å²) in [5, 5.41) is 0. The number of nitrogens with two attached hydrogens (primary N) is 1. The van der Waals surface area contributed by atoms with E-state index in [9.17, 15) is 0 Å². The minimum Gasteiger partial charge on any atom is -0.486 e. The Morgan fingerprint density at radius 1 is 1.31 bits per heavy atom. The highest BCUT2D eigenvalue weighted by Gasteiger charge is 2.15. The van der Waals surface area contributed by atoms with Crippen molar-refractivity contribution < 1.29 is 9.47 Å². The van der Waals surface area contributed by atoms with Gasteiger partial charge in [0.2, 0.25) is 0 Å². The Morgan fingerprint density at radius 2 is 2.12 bits per heavy atom. The minimum atomic E-state index is 0.630. The van der Waals surface area contributed by atoms with E-state index < -0.39 is 0 Å². The van der Waals surface area contributed by atoms with Gasteiger partial charge in [-0.1, -0.05) is 12.1 Å². The van der Waals surface area contributed by atoms with E-state index in [0.29, 0.717) is 19.8 Å². The molecule has 16 heavy (non-hydrogen) atoms. The van der Waals surface area contributed by atoms with Crippen molar-refractivity contribution in [3.8, 4) is 11.5 Å². The summed E-state index contributed by atoms with van der Waals surface area (Å²) in [6.07, 6.45) is 0. The molecule has 0 amide bonds. The Bertz CT molecular complexity index is 355. The highest BCUT2D eigenvalue weighted by Crippen LogP contribution is 2.33. The zero-order valence-corrected chi connectivity index (χ0v) is 9.61. The summed E-state index contributed by atoms with van der Waals surface area (Å²) >= 11 is 0. The lowest BCUT2D eigenvalue weighted by molar-refractivity contribution is 0.168. The molecule has 0 bridgehead atoms. The van der Waals surface area contributed by atoms with Crippen molar-refractivity contribution in [1.29, 1.82) is 0 Å². The van der Waals surface area contributed by atoms with E-state index in [4.69, 9.17) is 15.2 Å². The molecule has 2 N–H and O–H groups in total. The van der Waals surface area contributed by atoms with Crippen LogP contribution in [-0.4, -0.2) is 38.3 Å². The molecule has 1 aromatic carbocycles. The number of likely N-dealkylation sites (N-methyl/N-ethyl adjacent to an activating group) is 1. The van der Waals surface area contributed by atoms with Crippen LogP contribution in [0.5, 0.6) is 11.5 Å². The average Bonchev–Trinajstić information content (AvgIpc) is 2.30. The number of fused-ring (bicyclic) bond motifs is 1. The first-order valence-corrected chi connectivity index (χ1v) is 5.57. The third kappa shape index (κ3) is 2.46. The quantitative estimate of drug-likeness (QED) is 0.820. The first-order chi connectivity index (χ1) is 7.81. The molecular formula is C12H18N2O2. The predicted molar refractivity (Wildman–Crippen MR) is 62.8 cm³/mol. The SMILES string of the molecule is CN(CCN)Cc1cccc2c1OCCO2. The van der Waals surface area contributed by atoms with Crippen LogP contribution in [-0.2, 0) is 6.54 Å². The van der Waals surface area contributed by atoms with Gasteiger partial charge in [-0.05, 0) is 13.1 Å². The molecule has 0 unspecified atom stereocenters. The van der Waals surface area contributed by atoms with Gasteiger partial charge in [0.15, 0.2) is 11.5 Å². The summed E-state index contributed by atoms with van der Waals surface area (Å²) < 4.78 is 11.2. The van der Waals surface area contributed by atoms with Crippen molar-refractivity contribution in [1.82, 2.24) is 4.90 Å². The largest absolute Gasteiger partial charge is 0.486 e. The summed E-state index contributed by atoms with van der Waals surface area (Å²) in [5.41, 5.74) is 6.68. The number of nitrogens with zero attached hydrogens (tertiary/aromatic N) is 1. The van der Waals surface area contributed by atoms with Gasteiger partial charge in [-0.2, -0.15) is 0 Å². The zero-order chi connectivity index (χ0) is 11.4. The lowest BCUT2D eigenvalue weighted by Gasteiger charge is -2.23. The number of rotatable bonds is 4. The second kappa shape index (κ2) is 5.18. The Kier molecular flexibility index (Phi) is 3.64. The molecule has 1 heterocycles. The monoisotopic (exact) mass is 222 g/mol. The highest BCUT2D eigenvalue weighted by molar-refractivity contribution is 5.47. The van der Waals surface area contributed by atoms with E-state index in [1.165, 1.54) is 0 Å². The molecule has 0 spiro atoms. The molecule has 0 saturated heterocycles. The molecule has 0 atom stereocenters. The van der Waals surface area contributed by atoms with Crippen molar-refractivity contribution in [2.45, 2.75) is 6.54 Å². The molecule has 4 heteroatoms. The Hall–Kier alpha value is -1.26. The lowest BCUT2D eigenvalue weighted by Crippen LogP contribution is -2.26. The van der Waals surface area contributed by atoms with E-state index in [1.807, 2.05) is 12.1 Å². The number of ether oxygens (including phenoxy) is 2. The van der Waals surface area contributed by atoms with Gasteiger partial charge in [0.05, 0.1) is 0 Å². The van der Waals surface area contributed by atoms with Crippen molar-refractivity contribution in [3.05, 3.63) is 23.8 Å². The minimum absolute atomic E-state index is 0.630. The molecule has 1 aromatic rings. The number of para-hydroxylation sites is 1. The van der Waals surface area contributed by atoms with Gasteiger partial charge in [-0.25, -0.2) is 0 Å². The van der Waals surface area contributed by atoms with Gasteiger partial charge in [0.1, 0.15) is 13.2 Å². The fourth-order valence-electron chi connectivity index (χ4n) is 1.85. The number of hydrogen-bond donors (Lipinski definition) is 1. The fourth-order valence-corrected chi connectivity index (χ4v) is 1.85. The smallest absolute Gasteiger partial charge is 0.165 e. The number of benzene rings is 1. The molecular weight excluding hydrogens is 204 g/mol. The Labute approximate surface area is 95.9 Å². The molecule has 0 fully saturated rings. The molecule has 88 valence electrons. The van der Waals surface area contributed by atoms with Crippen LogP contribution in [0.25, 0.3) is 0 Å². The van der Waals surface area contributed by atoms with Crippen LogP contribution in [0, 0.1) is 0 Å². The predicted octanol–water partition coefficient (Wildman–Crippen LogP) is 0.848. The molecule has 0 radical (unpaired) electrons. The van der Waals surface area contributed by atoms with Crippen molar-refractivity contribution in [2.75, 3.05) is 33.4 Å². The van der Waals surface area contributed by atoms with Crippen LogP contribution in [0.4, 0.5) is 0 Å². The molecule has 0 saturated carbocycles. The van der Waals surface area contributed by atoms with Crippen LogP contribution < -0.4 is 15.2 Å². The summed E-state index contributed by atoms with van der Waals surface area (Å²) in [6.45, 7) is 3.65. The lowest BCUT2D eigenvalue weighted by atomic mass is 10.1. The first kappa shape index (κ1) is 11.2. The maximum Gasteiger partial charge on any atom is 0.165 e. The summed E-state index contributed by atoms with van der Waals surface area (Å²) in [6, 6.07) is 6.01. The molecule has 1 aliphatic rings. The maximum absolute atomic E-state index is 5.65. The molecule has 4 nitrogen and oxygen atoms in total. The third-order valence-electron chi connectivity index (χ3n) is 2.60. The molecule has 2 rings (SSSR count). The number of hydrogen-bond acceptors (Lipinski definition) is 4. The molecule has 0 aliphatic carbocycles. The Balaban J connectivity index is 2.14. The molecule has 0 aromatic heterocycles. The standard InChI is InChI=1S/C12H18N2O2/c1-14(6-5-13)9-10-3-2-4-11-12(10)16-8-7-15-11/h2-4H,5-9,13H2,1H3. The van der Waals surface area contributed by atoms with Gasteiger partial charge < -0.3 is 20.1 Å². The van der Waals surface area contributed by atoms with Crippen molar-refractivity contribution >= 4 is 0 Å². The van der Waals surface area contributed by atoms with Gasteiger partial charge >= 0.3 is 0 Å². The van der Waals surface area contributed by atoms with Crippen molar-refractivity contribution in [2.24, 2.45) is 5.73 Å². The summed E-state index contributed by atoms with van der Waals surface area (Å²) in [4.78, 5) is 2.17. The normalized spacial score (nSPS) is 14.2. The van der Waals surface area contributed by atoms with Crippen LogP contribution in [0.15, 0.2) is 18.2 Å². The fraction of sp³-hybridized carbons (Fsp3) is 0.500. The maximum atomic E-state index is 5.65. The zero-order valence-electron chi connectivity index (χ0n) is 9.61. The van der Waals surface area contributed by atoms with E-state index in [2.05, 4.69) is 18.0 Å². The van der Waals surface area contributed by atoms with Gasteiger partial charge in [0.25, 0.3) is 0 Å². The second-order valence-corrected chi connectivity index (χ2v) is 3.97. The van der Waals surface area contributed by atoms with Crippen LogP contribution in [0.2, 0.25) is 0 Å². The Morgan fingerprint density at radius 3 is 2.94 bits per heavy atom.